The molecule has 0 bridgehead atoms. The Hall–Kier alpha value is -0.530. The lowest BCUT2D eigenvalue weighted by Gasteiger charge is -2.32. The van der Waals surface area contributed by atoms with E-state index in [-0.39, 0.29) is 36.8 Å². The number of piperidine rings is 1. The quantitative estimate of drug-likeness (QED) is 0.793. The van der Waals surface area contributed by atoms with E-state index in [0.717, 1.165) is 43.6 Å². The van der Waals surface area contributed by atoms with Gasteiger partial charge in [-0.25, -0.2) is 4.98 Å². The first-order valence-electron chi connectivity index (χ1n) is 8.08. The van der Waals surface area contributed by atoms with Crippen molar-refractivity contribution in [1.29, 1.82) is 0 Å². The molecule has 4 nitrogen and oxygen atoms in total. The van der Waals surface area contributed by atoms with Gasteiger partial charge in [0.15, 0.2) is 0 Å². The predicted octanol–water partition coefficient (Wildman–Crippen LogP) is 3.93. The molecule has 8 heteroatoms. The third-order valence-electron chi connectivity index (χ3n) is 4.42. The lowest BCUT2D eigenvalue weighted by molar-refractivity contribution is -0.133. The Morgan fingerprint density at radius 2 is 2.04 bits per heavy atom. The Morgan fingerprint density at radius 1 is 1.36 bits per heavy atom. The molecule has 1 fully saturated rings. The lowest BCUT2D eigenvalue weighted by Crippen LogP contribution is -2.47. The van der Waals surface area contributed by atoms with Crippen LogP contribution >= 0.6 is 47.9 Å². The van der Waals surface area contributed by atoms with Crippen molar-refractivity contribution in [2.45, 2.75) is 31.2 Å². The Labute approximate surface area is 169 Å². The zero-order valence-corrected chi connectivity index (χ0v) is 17.5. The van der Waals surface area contributed by atoms with Crippen LogP contribution in [0.1, 0.15) is 30.2 Å². The summed E-state index contributed by atoms with van der Waals surface area (Å²) in [5.41, 5.74) is 7.10. The second kappa shape index (κ2) is 10.6. The van der Waals surface area contributed by atoms with E-state index in [1.165, 1.54) is 9.71 Å². The van der Waals surface area contributed by atoms with E-state index < -0.39 is 0 Å². The van der Waals surface area contributed by atoms with Gasteiger partial charge in [-0.3, -0.25) is 4.79 Å². The number of thioether (sulfide) groups is 1. The molecule has 0 radical (unpaired) electrons. The molecule has 2 heterocycles. The van der Waals surface area contributed by atoms with E-state index >= 15 is 0 Å². The number of rotatable bonds is 5. The average Bonchev–Trinajstić information content (AvgIpc) is 3.03. The maximum atomic E-state index is 12.4. The van der Waals surface area contributed by atoms with Gasteiger partial charge in [0, 0.05) is 19.0 Å². The molecule has 1 aliphatic rings. The van der Waals surface area contributed by atoms with Crippen LogP contribution in [0.2, 0.25) is 0 Å². The summed E-state index contributed by atoms with van der Waals surface area (Å²) in [5.74, 6) is 1.52. The Kier molecular flexibility index (Phi) is 9.52. The molecular formula is C17H25Cl2N3OS2. The van der Waals surface area contributed by atoms with Crippen molar-refractivity contribution in [2.24, 2.45) is 5.73 Å². The molecule has 1 saturated heterocycles. The topological polar surface area (TPSA) is 59.2 Å². The van der Waals surface area contributed by atoms with Gasteiger partial charge in [-0.05, 0) is 43.4 Å². The summed E-state index contributed by atoms with van der Waals surface area (Å²) in [5, 5.41) is 1.21. The van der Waals surface area contributed by atoms with Crippen LogP contribution in [0.15, 0.2) is 24.3 Å². The number of halogens is 2. The van der Waals surface area contributed by atoms with Crippen molar-refractivity contribution < 1.29 is 4.79 Å². The Balaban J connectivity index is 0.00000156. The summed E-state index contributed by atoms with van der Waals surface area (Å²) in [6.45, 7) is 1.60. The fourth-order valence-corrected chi connectivity index (χ4v) is 4.64. The summed E-state index contributed by atoms with van der Waals surface area (Å²) in [6, 6.07) is 7.94. The molecule has 1 unspecified atom stereocenters. The van der Waals surface area contributed by atoms with Crippen LogP contribution in [0, 0.1) is 0 Å². The highest BCUT2D eigenvalue weighted by atomic mass is 35.5. The summed E-state index contributed by atoms with van der Waals surface area (Å²) in [6.07, 6.45) is 4.78. The highest BCUT2D eigenvalue weighted by Crippen LogP contribution is 2.33. The van der Waals surface area contributed by atoms with Gasteiger partial charge in [0.25, 0.3) is 0 Å². The second-order valence-corrected chi connectivity index (χ2v) is 8.06. The van der Waals surface area contributed by atoms with E-state index in [2.05, 4.69) is 18.2 Å². The normalized spacial score (nSPS) is 16.2. The molecule has 2 aromatic rings. The number of hydrogen-bond acceptors (Lipinski definition) is 5. The van der Waals surface area contributed by atoms with E-state index in [1.54, 1.807) is 23.1 Å². The van der Waals surface area contributed by atoms with E-state index in [4.69, 9.17) is 10.7 Å². The van der Waals surface area contributed by atoms with Gasteiger partial charge in [-0.1, -0.05) is 12.1 Å². The summed E-state index contributed by atoms with van der Waals surface area (Å²) in [4.78, 5) is 19.1. The zero-order chi connectivity index (χ0) is 16.2. The van der Waals surface area contributed by atoms with Crippen LogP contribution in [-0.4, -0.2) is 46.9 Å². The number of nitrogens with zero attached hydrogens (tertiary/aromatic N) is 2. The molecule has 0 saturated carbocycles. The number of amides is 1. The number of likely N-dealkylation sites (tertiary alicyclic amines) is 1. The first kappa shape index (κ1) is 22.5. The minimum absolute atomic E-state index is 0. The van der Waals surface area contributed by atoms with Crippen LogP contribution in [0.25, 0.3) is 10.2 Å². The largest absolute Gasteiger partial charge is 0.341 e. The van der Waals surface area contributed by atoms with Gasteiger partial charge >= 0.3 is 0 Å². The first-order valence-corrected chi connectivity index (χ1v) is 10.3. The maximum absolute atomic E-state index is 12.4. The molecule has 2 N–H and O–H groups in total. The first-order chi connectivity index (χ1) is 11.2. The van der Waals surface area contributed by atoms with Gasteiger partial charge in [-0.15, -0.1) is 36.2 Å². The number of hydrogen-bond donors (Lipinski definition) is 1. The molecule has 1 aliphatic heterocycles. The summed E-state index contributed by atoms with van der Waals surface area (Å²) >= 11 is 3.52. The fraction of sp³-hybridized carbons (Fsp3) is 0.529. The second-order valence-electron chi connectivity index (χ2n) is 6.01. The number of fused-ring (bicyclic) bond motifs is 1. The standard InChI is InChI=1S/C17H23N3OS2.2ClH/c1-22-11-8-13(18)17(21)20-9-6-12(7-10-20)16-19-14-4-2-3-5-15(14)23-16;;/h2-5,12-13H,6-11,18H2,1H3;2*1H. The smallest absolute Gasteiger partial charge is 0.239 e. The van der Waals surface area contributed by atoms with Gasteiger partial charge in [0.1, 0.15) is 0 Å². The Bertz CT molecular complexity index is 642. The van der Waals surface area contributed by atoms with Crippen LogP contribution in [-0.2, 0) is 4.79 Å². The van der Waals surface area contributed by atoms with Crippen molar-refractivity contribution in [2.75, 3.05) is 25.1 Å². The number of aromatic nitrogens is 1. The van der Waals surface area contributed by atoms with Gasteiger partial charge in [0.05, 0.1) is 21.3 Å². The van der Waals surface area contributed by atoms with Crippen molar-refractivity contribution in [3.8, 4) is 0 Å². The average molecular weight is 422 g/mol. The molecule has 0 spiro atoms. The third kappa shape index (κ3) is 5.47. The minimum atomic E-state index is -0.346. The molecule has 25 heavy (non-hydrogen) atoms. The van der Waals surface area contributed by atoms with Crippen LogP contribution in [0.4, 0.5) is 0 Å². The molecule has 1 aromatic heterocycles. The SMILES string of the molecule is CSCCC(N)C(=O)N1CCC(c2nc3ccccc3s2)CC1.Cl.Cl. The highest BCUT2D eigenvalue weighted by Gasteiger charge is 2.28. The molecule has 1 atom stereocenters. The molecule has 140 valence electrons. The lowest BCUT2D eigenvalue weighted by atomic mass is 9.97. The molecule has 0 aliphatic carbocycles. The fourth-order valence-electron chi connectivity index (χ4n) is 3.01. The van der Waals surface area contributed by atoms with Crippen LogP contribution in [0.5, 0.6) is 0 Å². The third-order valence-corrected chi connectivity index (χ3v) is 6.26. The number of carbonyl (C=O) groups excluding carboxylic acids is 1. The van der Waals surface area contributed by atoms with Crippen molar-refractivity contribution in [3.05, 3.63) is 29.3 Å². The number of nitrogens with two attached hydrogens (primary N) is 1. The monoisotopic (exact) mass is 421 g/mol. The predicted molar refractivity (Wildman–Crippen MR) is 114 cm³/mol. The molecule has 1 aromatic carbocycles. The van der Waals surface area contributed by atoms with Crippen LogP contribution in [0.3, 0.4) is 0 Å². The van der Waals surface area contributed by atoms with Gasteiger partial charge in [0.2, 0.25) is 5.91 Å². The number of benzene rings is 1. The van der Waals surface area contributed by atoms with E-state index in [9.17, 15) is 4.79 Å². The van der Waals surface area contributed by atoms with E-state index in [0.29, 0.717) is 5.92 Å². The summed E-state index contributed by atoms with van der Waals surface area (Å²) in [7, 11) is 0. The molecule has 1 amide bonds. The van der Waals surface area contributed by atoms with Crippen molar-refractivity contribution in [3.63, 3.8) is 0 Å². The Morgan fingerprint density at radius 3 is 2.68 bits per heavy atom. The maximum Gasteiger partial charge on any atom is 0.239 e. The zero-order valence-electron chi connectivity index (χ0n) is 14.2. The van der Waals surface area contributed by atoms with Gasteiger partial charge in [-0.2, -0.15) is 11.8 Å². The molecule has 3 rings (SSSR count). The number of para-hydroxylation sites is 1. The van der Waals surface area contributed by atoms with E-state index in [1.807, 2.05) is 17.2 Å². The minimum Gasteiger partial charge on any atom is -0.341 e. The molecular weight excluding hydrogens is 397 g/mol. The van der Waals surface area contributed by atoms with Crippen molar-refractivity contribution >= 4 is 64.0 Å². The van der Waals surface area contributed by atoms with Gasteiger partial charge < -0.3 is 10.6 Å². The summed E-state index contributed by atoms with van der Waals surface area (Å²) < 4.78 is 1.25. The van der Waals surface area contributed by atoms with Crippen LogP contribution < -0.4 is 5.73 Å². The number of carbonyl (C=O) groups is 1. The van der Waals surface area contributed by atoms with Crippen molar-refractivity contribution in [1.82, 2.24) is 9.88 Å². The number of thiazole rings is 1. The highest BCUT2D eigenvalue weighted by molar-refractivity contribution is 7.98.